The summed E-state index contributed by atoms with van der Waals surface area (Å²) in [5.74, 6) is 0. The van der Waals surface area contributed by atoms with Crippen LogP contribution < -0.4 is 0 Å². The molecule has 0 bridgehead atoms. The van der Waals surface area contributed by atoms with Crippen molar-refractivity contribution < 1.29 is 5.11 Å². The van der Waals surface area contributed by atoms with Gasteiger partial charge in [-0.15, -0.1) is 0 Å². The SMILES string of the molecule is CCC1(CC)CCN(CCCCO)C1. The molecule has 1 heterocycles. The number of hydrogen-bond acceptors (Lipinski definition) is 2. The maximum atomic E-state index is 8.72. The number of likely N-dealkylation sites (tertiary alicyclic amines) is 1. The number of aliphatic hydroxyl groups excluding tert-OH is 1. The van der Waals surface area contributed by atoms with Crippen LogP contribution in [0.25, 0.3) is 0 Å². The quantitative estimate of drug-likeness (QED) is 0.663. The molecule has 0 atom stereocenters. The summed E-state index contributed by atoms with van der Waals surface area (Å²) >= 11 is 0. The van der Waals surface area contributed by atoms with Gasteiger partial charge in [-0.25, -0.2) is 0 Å². The average Bonchev–Trinajstić information content (AvgIpc) is 2.63. The van der Waals surface area contributed by atoms with E-state index in [0.29, 0.717) is 12.0 Å². The molecule has 1 aliphatic heterocycles. The Labute approximate surface area is 88.3 Å². The van der Waals surface area contributed by atoms with Gasteiger partial charge < -0.3 is 10.0 Å². The number of hydrogen-bond donors (Lipinski definition) is 1. The molecule has 14 heavy (non-hydrogen) atoms. The molecule has 0 radical (unpaired) electrons. The molecule has 1 N–H and O–H groups in total. The average molecular weight is 199 g/mol. The van der Waals surface area contributed by atoms with Crippen LogP contribution in [0.2, 0.25) is 0 Å². The first-order chi connectivity index (χ1) is 6.76. The Bertz CT molecular complexity index is 154. The van der Waals surface area contributed by atoms with E-state index in [1.54, 1.807) is 0 Å². The van der Waals surface area contributed by atoms with Crippen molar-refractivity contribution in [2.45, 2.75) is 46.0 Å². The zero-order chi connectivity index (χ0) is 10.4. The lowest BCUT2D eigenvalue weighted by molar-refractivity contribution is 0.228. The van der Waals surface area contributed by atoms with E-state index in [-0.39, 0.29) is 0 Å². The fourth-order valence-corrected chi connectivity index (χ4v) is 2.49. The van der Waals surface area contributed by atoms with Crippen molar-refractivity contribution in [1.82, 2.24) is 4.90 Å². The summed E-state index contributed by atoms with van der Waals surface area (Å²) in [6.07, 6.45) is 6.13. The normalized spacial score (nSPS) is 21.6. The number of rotatable bonds is 6. The molecule has 1 aliphatic rings. The molecule has 2 nitrogen and oxygen atoms in total. The Balaban J connectivity index is 2.25. The molecule has 1 fully saturated rings. The Hall–Kier alpha value is -0.0800. The molecule has 0 saturated carbocycles. The molecule has 0 aromatic carbocycles. The van der Waals surface area contributed by atoms with Gasteiger partial charge in [-0.3, -0.25) is 0 Å². The maximum absolute atomic E-state index is 8.72. The second kappa shape index (κ2) is 5.72. The summed E-state index contributed by atoms with van der Waals surface area (Å²) in [6, 6.07) is 0. The highest BCUT2D eigenvalue weighted by Crippen LogP contribution is 2.36. The third kappa shape index (κ3) is 2.96. The third-order valence-corrected chi connectivity index (χ3v) is 3.90. The second-order valence-corrected chi connectivity index (χ2v) is 4.66. The molecule has 0 aromatic rings. The van der Waals surface area contributed by atoms with Crippen LogP contribution >= 0.6 is 0 Å². The van der Waals surface area contributed by atoms with E-state index in [1.165, 1.54) is 38.9 Å². The van der Waals surface area contributed by atoms with E-state index in [0.717, 1.165) is 12.8 Å². The third-order valence-electron chi connectivity index (χ3n) is 3.90. The predicted molar refractivity (Wildman–Crippen MR) is 60.4 cm³/mol. The Morgan fingerprint density at radius 1 is 1.21 bits per heavy atom. The largest absolute Gasteiger partial charge is 0.396 e. The lowest BCUT2D eigenvalue weighted by Crippen LogP contribution is -2.27. The van der Waals surface area contributed by atoms with Crippen LogP contribution in [0.4, 0.5) is 0 Å². The highest BCUT2D eigenvalue weighted by Gasteiger charge is 2.34. The lowest BCUT2D eigenvalue weighted by atomic mass is 9.82. The molecular formula is C12H25NO. The Kier molecular flexibility index (Phi) is 4.90. The first kappa shape index (κ1) is 12.0. The van der Waals surface area contributed by atoms with Gasteiger partial charge in [0, 0.05) is 13.2 Å². The molecule has 0 aliphatic carbocycles. The Morgan fingerprint density at radius 2 is 1.93 bits per heavy atom. The fourth-order valence-electron chi connectivity index (χ4n) is 2.49. The summed E-state index contributed by atoms with van der Waals surface area (Å²) < 4.78 is 0. The van der Waals surface area contributed by atoms with Crippen LogP contribution in [0.15, 0.2) is 0 Å². The minimum atomic E-state index is 0.348. The molecule has 0 amide bonds. The molecule has 0 unspecified atom stereocenters. The zero-order valence-corrected chi connectivity index (χ0v) is 9.76. The number of aliphatic hydroxyl groups is 1. The summed E-state index contributed by atoms with van der Waals surface area (Å²) in [4.78, 5) is 2.57. The Morgan fingerprint density at radius 3 is 2.43 bits per heavy atom. The summed E-state index contributed by atoms with van der Waals surface area (Å²) in [5.41, 5.74) is 0.610. The van der Waals surface area contributed by atoms with Gasteiger partial charge in [0.15, 0.2) is 0 Å². The minimum Gasteiger partial charge on any atom is -0.396 e. The zero-order valence-electron chi connectivity index (χ0n) is 9.76. The summed E-state index contributed by atoms with van der Waals surface area (Å²) in [7, 11) is 0. The maximum Gasteiger partial charge on any atom is 0.0431 e. The van der Waals surface area contributed by atoms with Crippen LogP contribution in [0, 0.1) is 5.41 Å². The highest BCUT2D eigenvalue weighted by atomic mass is 16.2. The molecule has 0 aromatic heterocycles. The van der Waals surface area contributed by atoms with Crippen molar-refractivity contribution in [3.05, 3.63) is 0 Å². The number of nitrogens with zero attached hydrogens (tertiary/aromatic N) is 1. The van der Waals surface area contributed by atoms with Gasteiger partial charge in [-0.1, -0.05) is 13.8 Å². The van der Waals surface area contributed by atoms with Gasteiger partial charge in [-0.05, 0) is 50.6 Å². The van der Waals surface area contributed by atoms with Gasteiger partial charge in [0.05, 0.1) is 0 Å². The van der Waals surface area contributed by atoms with E-state index in [9.17, 15) is 0 Å². The van der Waals surface area contributed by atoms with Crippen LogP contribution in [0.1, 0.15) is 46.0 Å². The van der Waals surface area contributed by atoms with Crippen LogP contribution in [-0.2, 0) is 0 Å². The fraction of sp³-hybridized carbons (Fsp3) is 1.00. The molecule has 84 valence electrons. The molecule has 0 spiro atoms. The first-order valence-electron chi connectivity index (χ1n) is 6.09. The standard InChI is InChI=1S/C12H25NO/c1-3-12(4-2)7-9-13(11-12)8-5-6-10-14/h14H,3-11H2,1-2H3. The van der Waals surface area contributed by atoms with Crippen LogP contribution in [0.3, 0.4) is 0 Å². The van der Waals surface area contributed by atoms with Gasteiger partial charge in [0.1, 0.15) is 0 Å². The predicted octanol–water partition coefficient (Wildman–Crippen LogP) is 2.27. The molecule has 1 saturated heterocycles. The molecule has 1 rings (SSSR count). The van der Waals surface area contributed by atoms with Gasteiger partial charge in [0.25, 0.3) is 0 Å². The van der Waals surface area contributed by atoms with E-state index in [4.69, 9.17) is 5.11 Å². The minimum absolute atomic E-state index is 0.348. The highest BCUT2D eigenvalue weighted by molar-refractivity contribution is 4.87. The van der Waals surface area contributed by atoms with Gasteiger partial charge in [-0.2, -0.15) is 0 Å². The lowest BCUT2D eigenvalue weighted by Gasteiger charge is -2.26. The second-order valence-electron chi connectivity index (χ2n) is 4.66. The van der Waals surface area contributed by atoms with E-state index in [1.807, 2.05) is 0 Å². The van der Waals surface area contributed by atoms with Crippen LogP contribution in [0.5, 0.6) is 0 Å². The summed E-state index contributed by atoms with van der Waals surface area (Å²) in [5, 5.41) is 8.72. The van der Waals surface area contributed by atoms with Gasteiger partial charge >= 0.3 is 0 Å². The van der Waals surface area contributed by atoms with E-state index >= 15 is 0 Å². The smallest absolute Gasteiger partial charge is 0.0431 e. The van der Waals surface area contributed by atoms with Crippen molar-refractivity contribution in [2.75, 3.05) is 26.2 Å². The van der Waals surface area contributed by atoms with Crippen molar-refractivity contribution in [2.24, 2.45) is 5.41 Å². The van der Waals surface area contributed by atoms with Crippen molar-refractivity contribution in [3.63, 3.8) is 0 Å². The molecule has 2 heteroatoms. The number of unbranched alkanes of at least 4 members (excludes halogenated alkanes) is 1. The van der Waals surface area contributed by atoms with E-state index in [2.05, 4.69) is 18.7 Å². The van der Waals surface area contributed by atoms with Gasteiger partial charge in [0.2, 0.25) is 0 Å². The monoisotopic (exact) mass is 199 g/mol. The van der Waals surface area contributed by atoms with Crippen molar-refractivity contribution in [1.29, 1.82) is 0 Å². The van der Waals surface area contributed by atoms with E-state index < -0.39 is 0 Å². The first-order valence-corrected chi connectivity index (χ1v) is 6.09. The topological polar surface area (TPSA) is 23.5 Å². The molecular weight excluding hydrogens is 174 g/mol. The van der Waals surface area contributed by atoms with Crippen molar-refractivity contribution in [3.8, 4) is 0 Å². The summed E-state index contributed by atoms with van der Waals surface area (Å²) in [6.45, 7) is 8.73. The van der Waals surface area contributed by atoms with Crippen molar-refractivity contribution >= 4 is 0 Å². The van der Waals surface area contributed by atoms with Crippen LogP contribution in [-0.4, -0.2) is 36.2 Å².